The summed E-state index contributed by atoms with van der Waals surface area (Å²) in [5.74, 6) is 0. The fourth-order valence-electron chi connectivity index (χ4n) is 2.40. The normalized spacial score (nSPS) is 10.4. The van der Waals surface area contributed by atoms with Gasteiger partial charge in [0.2, 0.25) is 0 Å². The summed E-state index contributed by atoms with van der Waals surface area (Å²) in [6, 6.07) is 16.7. The molecule has 26 heavy (non-hydrogen) atoms. The van der Waals surface area contributed by atoms with Gasteiger partial charge in [0.1, 0.15) is 0 Å². The van der Waals surface area contributed by atoms with Crippen LogP contribution in [0.15, 0.2) is 48.5 Å². The van der Waals surface area contributed by atoms with Gasteiger partial charge in [-0.2, -0.15) is 5.26 Å². The van der Waals surface area contributed by atoms with E-state index in [0.717, 1.165) is 17.7 Å². The number of benzene rings is 2. The van der Waals surface area contributed by atoms with E-state index in [9.17, 15) is 4.79 Å². The lowest BCUT2D eigenvalue weighted by Crippen LogP contribution is -2.42. The van der Waals surface area contributed by atoms with E-state index in [-0.39, 0.29) is 6.03 Å². The maximum Gasteiger partial charge on any atom is 0.318 e. The molecule has 136 valence electrons. The van der Waals surface area contributed by atoms with Gasteiger partial charge in [0.25, 0.3) is 0 Å². The highest BCUT2D eigenvalue weighted by atomic mass is 35.5. The number of carbonyl (C=O) groups excluding carboxylic acids is 1. The number of amides is 2. The highest BCUT2D eigenvalue weighted by Gasteiger charge is 2.14. The largest absolute Gasteiger partial charge is 0.334 e. The summed E-state index contributed by atoms with van der Waals surface area (Å²) < 4.78 is 0. The second-order valence-corrected chi connectivity index (χ2v) is 6.69. The molecule has 2 aromatic rings. The molecule has 5 nitrogen and oxygen atoms in total. The molecule has 0 aromatic heterocycles. The number of likely N-dealkylation sites (N-methyl/N-ethyl adjacent to an activating group) is 1. The molecular formula is C20H23ClN4O. The van der Waals surface area contributed by atoms with Crippen molar-refractivity contribution < 1.29 is 4.79 Å². The molecule has 0 heterocycles. The fraction of sp³-hybridized carbons (Fsp3) is 0.300. The molecule has 0 radical (unpaired) electrons. The van der Waals surface area contributed by atoms with E-state index >= 15 is 0 Å². The SMILES string of the molecule is CN(C)CCN(Cc1ccc(C#N)cc1)C(=O)NCc1ccccc1Cl. The number of halogens is 1. The van der Waals surface area contributed by atoms with Crippen LogP contribution in [-0.2, 0) is 13.1 Å². The first-order valence-corrected chi connectivity index (χ1v) is 8.77. The molecule has 0 spiro atoms. The Balaban J connectivity index is 2.03. The Morgan fingerprint density at radius 1 is 1.12 bits per heavy atom. The summed E-state index contributed by atoms with van der Waals surface area (Å²) in [5.41, 5.74) is 2.47. The first-order valence-electron chi connectivity index (χ1n) is 8.39. The highest BCUT2D eigenvalue weighted by Crippen LogP contribution is 2.14. The minimum Gasteiger partial charge on any atom is -0.334 e. The van der Waals surface area contributed by atoms with Crippen molar-refractivity contribution in [3.05, 3.63) is 70.2 Å². The number of rotatable bonds is 7. The molecule has 0 aliphatic heterocycles. The van der Waals surface area contributed by atoms with Crippen LogP contribution in [0.3, 0.4) is 0 Å². The van der Waals surface area contributed by atoms with Gasteiger partial charge in [-0.3, -0.25) is 0 Å². The molecule has 0 aliphatic carbocycles. The van der Waals surface area contributed by atoms with Crippen molar-refractivity contribution in [2.24, 2.45) is 0 Å². The van der Waals surface area contributed by atoms with E-state index in [1.165, 1.54) is 0 Å². The summed E-state index contributed by atoms with van der Waals surface area (Å²) in [5, 5.41) is 12.5. The van der Waals surface area contributed by atoms with Gasteiger partial charge in [-0.25, -0.2) is 4.79 Å². The average molecular weight is 371 g/mol. The molecule has 0 fully saturated rings. The molecule has 6 heteroatoms. The standard InChI is InChI=1S/C20H23ClN4O/c1-24(2)11-12-25(15-17-9-7-16(13-22)8-10-17)20(26)23-14-18-5-3-4-6-19(18)21/h3-10H,11-12,14-15H2,1-2H3,(H,23,26). The van der Waals surface area contributed by atoms with Gasteiger partial charge < -0.3 is 15.1 Å². The second kappa shape index (κ2) is 9.81. The van der Waals surface area contributed by atoms with Crippen molar-refractivity contribution >= 4 is 17.6 Å². The van der Waals surface area contributed by atoms with Crippen LogP contribution in [0.5, 0.6) is 0 Å². The van der Waals surface area contributed by atoms with Gasteiger partial charge in [0.15, 0.2) is 0 Å². The molecule has 2 amide bonds. The number of nitrogens with zero attached hydrogens (tertiary/aromatic N) is 3. The third-order valence-electron chi connectivity index (χ3n) is 3.95. The fourth-order valence-corrected chi connectivity index (χ4v) is 2.61. The number of nitriles is 1. The van der Waals surface area contributed by atoms with E-state index in [0.29, 0.717) is 30.2 Å². The van der Waals surface area contributed by atoms with Crippen LogP contribution in [0.1, 0.15) is 16.7 Å². The zero-order valence-corrected chi connectivity index (χ0v) is 15.8. The van der Waals surface area contributed by atoms with Crippen LogP contribution in [0, 0.1) is 11.3 Å². The predicted molar refractivity (Wildman–Crippen MR) is 104 cm³/mol. The lowest BCUT2D eigenvalue weighted by atomic mass is 10.1. The second-order valence-electron chi connectivity index (χ2n) is 6.28. The highest BCUT2D eigenvalue weighted by molar-refractivity contribution is 6.31. The summed E-state index contributed by atoms with van der Waals surface area (Å²) in [4.78, 5) is 16.5. The minimum absolute atomic E-state index is 0.142. The number of hydrogen-bond donors (Lipinski definition) is 1. The number of hydrogen-bond acceptors (Lipinski definition) is 3. The zero-order chi connectivity index (χ0) is 18.9. The summed E-state index contributed by atoms with van der Waals surface area (Å²) >= 11 is 6.15. The third-order valence-corrected chi connectivity index (χ3v) is 4.32. The molecule has 0 saturated heterocycles. The van der Waals surface area contributed by atoms with Gasteiger partial charge >= 0.3 is 6.03 Å². The first-order chi connectivity index (χ1) is 12.5. The van der Waals surface area contributed by atoms with E-state index in [1.807, 2.05) is 55.4 Å². The number of carbonyl (C=O) groups is 1. The van der Waals surface area contributed by atoms with Gasteiger partial charge in [-0.1, -0.05) is 41.9 Å². The number of nitrogens with one attached hydrogen (secondary N) is 1. The maximum atomic E-state index is 12.7. The van der Waals surface area contributed by atoms with Gasteiger partial charge in [-0.15, -0.1) is 0 Å². The monoisotopic (exact) mass is 370 g/mol. The molecule has 2 rings (SSSR count). The molecule has 0 bridgehead atoms. The molecular weight excluding hydrogens is 348 g/mol. The Labute approximate surface area is 159 Å². The van der Waals surface area contributed by atoms with Crippen LogP contribution < -0.4 is 5.32 Å². The van der Waals surface area contributed by atoms with Crippen molar-refractivity contribution in [3.63, 3.8) is 0 Å². The Hall–Kier alpha value is -2.55. The Morgan fingerprint density at radius 2 is 1.81 bits per heavy atom. The number of urea groups is 1. The van der Waals surface area contributed by atoms with E-state index in [4.69, 9.17) is 16.9 Å². The van der Waals surface area contributed by atoms with Crippen molar-refractivity contribution in [2.75, 3.05) is 27.2 Å². The first kappa shape index (κ1) is 19.8. The smallest absolute Gasteiger partial charge is 0.318 e. The topological polar surface area (TPSA) is 59.4 Å². The molecule has 1 N–H and O–H groups in total. The van der Waals surface area contributed by atoms with E-state index < -0.39 is 0 Å². The summed E-state index contributed by atoms with van der Waals surface area (Å²) in [6.07, 6.45) is 0. The molecule has 2 aromatic carbocycles. The van der Waals surface area contributed by atoms with Gasteiger partial charge in [0, 0.05) is 31.2 Å². The van der Waals surface area contributed by atoms with Crippen molar-refractivity contribution in [1.82, 2.24) is 15.1 Å². The van der Waals surface area contributed by atoms with Crippen LogP contribution in [-0.4, -0.2) is 43.0 Å². The van der Waals surface area contributed by atoms with Crippen LogP contribution in [0.25, 0.3) is 0 Å². The summed E-state index contributed by atoms with van der Waals surface area (Å²) in [6.45, 7) is 2.22. The minimum atomic E-state index is -0.142. The van der Waals surface area contributed by atoms with Crippen molar-refractivity contribution in [2.45, 2.75) is 13.1 Å². The van der Waals surface area contributed by atoms with Crippen LogP contribution in [0.2, 0.25) is 5.02 Å². The van der Waals surface area contributed by atoms with Gasteiger partial charge in [0.05, 0.1) is 11.6 Å². The molecule has 0 aliphatic rings. The lowest BCUT2D eigenvalue weighted by Gasteiger charge is -2.25. The van der Waals surface area contributed by atoms with E-state index in [2.05, 4.69) is 11.4 Å². The Bertz CT molecular complexity index is 768. The summed E-state index contributed by atoms with van der Waals surface area (Å²) in [7, 11) is 3.95. The Kier molecular flexibility index (Phi) is 7.46. The van der Waals surface area contributed by atoms with Gasteiger partial charge in [-0.05, 0) is 43.4 Å². The average Bonchev–Trinajstić information content (AvgIpc) is 2.64. The zero-order valence-electron chi connectivity index (χ0n) is 15.1. The molecule has 0 saturated carbocycles. The van der Waals surface area contributed by atoms with Crippen molar-refractivity contribution in [1.29, 1.82) is 5.26 Å². The molecule has 0 unspecified atom stereocenters. The quantitative estimate of drug-likeness (QED) is 0.811. The predicted octanol–water partition coefficient (Wildman–Crippen LogP) is 3.49. The lowest BCUT2D eigenvalue weighted by molar-refractivity contribution is 0.188. The van der Waals surface area contributed by atoms with Crippen LogP contribution >= 0.6 is 11.6 Å². The van der Waals surface area contributed by atoms with Crippen LogP contribution in [0.4, 0.5) is 4.79 Å². The Morgan fingerprint density at radius 3 is 2.42 bits per heavy atom. The maximum absolute atomic E-state index is 12.7. The molecule has 0 atom stereocenters. The van der Waals surface area contributed by atoms with E-state index in [1.54, 1.807) is 17.0 Å². The van der Waals surface area contributed by atoms with Crippen molar-refractivity contribution in [3.8, 4) is 6.07 Å². The third kappa shape index (κ3) is 6.07.